The quantitative estimate of drug-likeness (QED) is 0.414. The van der Waals surface area contributed by atoms with Crippen LogP contribution in [0.15, 0.2) is 12.4 Å². The summed E-state index contributed by atoms with van der Waals surface area (Å²) in [7, 11) is 0. The summed E-state index contributed by atoms with van der Waals surface area (Å²) < 4.78 is 0.836. The zero-order valence-electron chi connectivity index (χ0n) is 3.81. The van der Waals surface area contributed by atoms with E-state index in [0.29, 0.717) is 9.46 Å². The molecule has 1 aromatic rings. The molecule has 0 aliphatic rings. The van der Waals surface area contributed by atoms with Gasteiger partial charge in [-0.1, -0.05) is 0 Å². The molecule has 0 bridgehead atoms. The molecule has 4 nitrogen and oxygen atoms in total. The van der Waals surface area contributed by atoms with Crippen LogP contribution in [0.25, 0.3) is 0 Å². The number of imidazole rings is 1. The largest absolute Gasteiger partial charge is 0.804 e. The Bertz CT molecular complexity index is 215. The van der Waals surface area contributed by atoms with Crippen LogP contribution in [0, 0.1) is 9.98 Å². The van der Waals surface area contributed by atoms with Gasteiger partial charge in [0.1, 0.15) is 0 Å². The summed E-state index contributed by atoms with van der Waals surface area (Å²) in [6, 6.07) is 0. The van der Waals surface area contributed by atoms with E-state index >= 15 is 0 Å². The molecule has 0 saturated heterocycles. The minimum absolute atomic E-state index is 0.148. The minimum atomic E-state index is -0.148. The summed E-state index contributed by atoms with van der Waals surface area (Å²) >= 11 is 4.39. The van der Waals surface area contributed by atoms with E-state index in [9.17, 15) is 5.21 Å². The zero-order valence-corrected chi connectivity index (χ0v) is 4.63. The van der Waals surface area contributed by atoms with E-state index in [4.69, 9.17) is 5.21 Å². The summed E-state index contributed by atoms with van der Waals surface area (Å²) in [5.74, 6) is 0. The maximum Gasteiger partial charge on any atom is 0.209 e. The molecule has 1 heterocycles. The Hall–Kier alpha value is -0.970. The SMILES string of the molecule is [O-]n1ccn(O)c1=S. The normalized spacial score (nSPS) is 9.50. The molecule has 0 unspecified atom stereocenters. The van der Waals surface area contributed by atoms with Gasteiger partial charge in [-0.05, 0) is 12.2 Å². The Balaban J connectivity index is 3.42. The molecule has 0 radical (unpaired) electrons. The van der Waals surface area contributed by atoms with Gasteiger partial charge in [-0.25, -0.2) is 0 Å². The highest BCUT2D eigenvalue weighted by molar-refractivity contribution is 7.71. The van der Waals surface area contributed by atoms with Gasteiger partial charge in [-0.2, -0.15) is 4.73 Å². The van der Waals surface area contributed by atoms with E-state index in [1.807, 2.05) is 0 Å². The molecule has 1 rings (SSSR count). The molecule has 1 N–H and O–H groups in total. The lowest BCUT2D eigenvalue weighted by molar-refractivity contribution is 0.180. The summed E-state index contributed by atoms with van der Waals surface area (Å²) in [6.45, 7) is 0. The number of hydrogen-bond donors (Lipinski definition) is 1. The second-order valence-electron chi connectivity index (χ2n) is 1.25. The van der Waals surface area contributed by atoms with Crippen LogP contribution < -0.4 is 0 Å². The van der Waals surface area contributed by atoms with Crippen molar-refractivity contribution in [2.45, 2.75) is 0 Å². The predicted octanol–water partition coefficient (Wildman–Crippen LogP) is 0.602. The van der Waals surface area contributed by atoms with Crippen LogP contribution in [0.3, 0.4) is 0 Å². The van der Waals surface area contributed by atoms with Crippen molar-refractivity contribution in [1.29, 1.82) is 0 Å². The van der Waals surface area contributed by atoms with Crippen LogP contribution in [0.1, 0.15) is 0 Å². The second kappa shape index (κ2) is 1.52. The predicted molar refractivity (Wildman–Crippen MR) is 29.2 cm³/mol. The molecule has 5 heteroatoms. The Morgan fingerprint density at radius 3 is 2.38 bits per heavy atom. The van der Waals surface area contributed by atoms with Crippen LogP contribution in [0.5, 0.6) is 0 Å². The van der Waals surface area contributed by atoms with Gasteiger partial charge < -0.3 is 15.1 Å². The van der Waals surface area contributed by atoms with Crippen LogP contribution in [0.4, 0.5) is 0 Å². The van der Waals surface area contributed by atoms with Crippen LogP contribution in [0.2, 0.25) is 0 Å². The minimum Gasteiger partial charge on any atom is -0.804 e. The molecule has 0 saturated carbocycles. The monoisotopic (exact) mass is 131 g/mol. The van der Waals surface area contributed by atoms with Gasteiger partial charge in [-0.15, -0.1) is 0 Å². The Labute approximate surface area is 50.1 Å². The highest BCUT2D eigenvalue weighted by Gasteiger charge is 1.84. The van der Waals surface area contributed by atoms with Crippen molar-refractivity contribution in [1.82, 2.24) is 9.46 Å². The van der Waals surface area contributed by atoms with E-state index < -0.39 is 0 Å². The Kier molecular flexibility index (Phi) is 0.980. The third-order valence-corrected chi connectivity index (χ3v) is 1.09. The van der Waals surface area contributed by atoms with E-state index in [1.165, 1.54) is 6.20 Å². The average molecular weight is 131 g/mol. The maximum atomic E-state index is 10.3. The van der Waals surface area contributed by atoms with Crippen molar-refractivity contribution in [3.63, 3.8) is 0 Å². The molecule has 0 aromatic carbocycles. The smallest absolute Gasteiger partial charge is 0.209 e. The standard InChI is InChI=1S/C3H3N2O2S/c6-4-1-2-5(7)3(4)8/h1-2,6H/q-1. The first kappa shape index (κ1) is 5.17. The van der Waals surface area contributed by atoms with Crippen LogP contribution >= 0.6 is 12.2 Å². The first-order chi connectivity index (χ1) is 3.72. The van der Waals surface area contributed by atoms with Gasteiger partial charge >= 0.3 is 0 Å². The van der Waals surface area contributed by atoms with E-state index in [2.05, 4.69) is 12.2 Å². The Morgan fingerprint density at radius 2 is 2.25 bits per heavy atom. The van der Waals surface area contributed by atoms with E-state index in [-0.39, 0.29) is 4.77 Å². The lowest BCUT2D eigenvalue weighted by Gasteiger charge is -2.00. The summed E-state index contributed by atoms with van der Waals surface area (Å²) in [4.78, 5) is 0. The fourth-order valence-electron chi connectivity index (χ4n) is 0.352. The molecule has 8 heavy (non-hydrogen) atoms. The zero-order chi connectivity index (χ0) is 6.15. The number of aromatic nitrogens is 2. The molecule has 0 spiro atoms. The number of hydrogen-bond acceptors (Lipinski definition) is 3. The molecule has 0 atom stereocenters. The third kappa shape index (κ3) is 0.564. The highest BCUT2D eigenvalue weighted by atomic mass is 32.1. The molecule has 1 aromatic heterocycles. The molecule has 0 amide bonds. The molecular formula is C3H3N2O2S-. The lowest BCUT2D eigenvalue weighted by Crippen LogP contribution is -1.89. The van der Waals surface area contributed by atoms with E-state index in [1.54, 1.807) is 0 Å². The van der Waals surface area contributed by atoms with Crippen molar-refractivity contribution in [3.05, 3.63) is 22.4 Å². The average Bonchev–Trinajstić information content (AvgIpc) is 1.98. The van der Waals surface area contributed by atoms with Crippen molar-refractivity contribution >= 4 is 12.2 Å². The molecule has 0 fully saturated rings. The first-order valence-corrected chi connectivity index (χ1v) is 2.29. The summed E-state index contributed by atoms with van der Waals surface area (Å²) in [5.41, 5.74) is 0. The molecular weight excluding hydrogens is 128 g/mol. The van der Waals surface area contributed by atoms with Gasteiger partial charge in [0, 0.05) is 6.20 Å². The van der Waals surface area contributed by atoms with Crippen molar-refractivity contribution in [3.8, 4) is 0 Å². The van der Waals surface area contributed by atoms with Crippen molar-refractivity contribution in [2.75, 3.05) is 0 Å². The Morgan fingerprint density at radius 1 is 1.62 bits per heavy atom. The van der Waals surface area contributed by atoms with Crippen LogP contribution in [-0.2, 0) is 0 Å². The molecule has 44 valence electrons. The van der Waals surface area contributed by atoms with Crippen LogP contribution in [-0.4, -0.2) is 14.7 Å². The van der Waals surface area contributed by atoms with E-state index in [0.717, 1.165) is 6.20 Å². The maximum absolute atomic E-state index is 10.3. The lowest BCUT2D eigenvalue weighted by atomic mass is 11.0. The number of nitrogens with zero attached hydrogens (tertiary/aromatic N) is 2. The first-order valence-electron chi connectivity index (χ1n) is 1.88. The van der Waals surface area contributed by atoms with Crippen molar-refractivity contribution < 1.29 is 5.21 Å². The van der Waals surface area contributed by atoms with Gasteiger partial charge in [0.05, 0.1) is 6.20 Å². The summed E-state index contributed by atoms with van der Waals surface area (Å²) in [6.07, 6.45) is 2.30. The summed E-state index contributed by atoms with van der Waals surface area (Å²) in [5, 5.41) is 18.8. The second-order valence-corrected chi connectivity index (χ2v) is 1.62. The third-order valence-electron chi connectivity index (χ3n) is 0.728. The van der Waals surface area contributed by atoms with Gasteiger partial charge in [0.2, 0.25) is 4.77 Å². The van der Waals surface area contributed by atoms with Gasteiger partial charge in [0.25, 0.3) is 0 Å². The fourth-order valence-corrected chi connectivity index (χ4v) is 0.474. The fraction of sp³-hybridized carbons (Fsp3) is 0. The molecule has 0 aliphatic carbocycles. The highest BCUT2D eigenvalue weighted by Crippen LogP contribution is 1.88. The molecule has 0 aliphatic heterocycles. The van der Waals surface area contributed by atoms with Gasteiger partial charge in [-0.3, -0.25) is 0 Å². The van der Waals surface area contributed by atoms with Gasteiger partial charge in [0.15, 0.2) is 0 Å². The number of rotatable bonds is 0. The van der Waals surface area contributed by atoms with Crippen molar-refractivity contribution in [2.24, 2.45) is 0 Å². The topological polar surface area (TPSA) is 53.2 Å².